The molecule has 0 saturated heterocycles. The summed E-state index contributed by atoms with van der Waals surface area (Å²) < 4.78 is 6.24. The number of fused-ring (bicyclic) bond motifs is 6. The van der Waals surface area contributed by atoms with Crippen molar-refractivity contribution in [1.82, 2.24) is 9.97 Å². The molecule has 0 unspecified atom stereocenters. The lowest BCUT2D eigenvalue weighted by atomic mass is 9.89. The van der Waals surface area contributed by atoms with Gasteiger partial charge in [0.25, 0.3) is 0 Å². The monoisotopic (exact) mass is 608 g/mol. The zero-order valence-electron chi connectivity index (χ0n) is 25.0. The van der Waals surface area contributed by atoms with Crippen molar-refractivity contribution in [3.8, 4) is 55.6 Å². The van der Waals surface area contributed by atoms with Gasteiger partial charge in [0.1, 0.15) is 11.2 Å². The van der Waals surface area contributed by atoms with Gasteiger partial charge < -0.3 is 4.42 Å². The lowest BCUT2D eigenvalue weighted by Gasteiger charge is -2.15. The second-order valence-electron chi connectivity index (χ2n) is 11.8. The van der Waals surface area contributed by atoms with Crippen molar-refractivity contribution < 1.29 is 4.42 Å². The minimum absolute atomic E-state index is 0.921. The van der Waals surface area contributed by atoms with Crippen LogP contribution >= 0.6 is 11.8 Å². The van der Waals surface area contributed by atoms with Crippen molar-refractivity contribution in [2.24, 2.45) is 0 Å². The number of thioether (sulfide) groups is 1. The maximum Gasteiger partial charge on any atom is 0.136 e. The van der Waals surface area contributed by atoms with Crippen molar-refractivity contribution >= 4 is 33.7 Å². The Balaban J connectivity index is 1.17. The molecular formula is C42H28N2OS. The van der Waals surface area contributed by atoms with Crippen LogP contribution in [0.15, 0.2) is 151 Å². The highest BCUT2D eigenvalue weighted by Crippen LogP contribution is 2.42. The highest BCUT2D eigenvalue weighted by atomic mass is 32.2. The lowest BCUT2D eigenvalue weighted by molar-refractivity contribution is 0.669. The molecule has 0 N–H and O–H groups in total. The quantitative estimate of drug-likeness (QED) is 0.199. The van der Waals surface area contributed by atoms with Crippen molar-refractivity contribution in [1.29, 1.82) is 0 Å². The van der Waals surface area contributed by atoms with Gasteiger partial charge in [-0.25, -0.2) is 0 Å². The standard InChI is InChI=1S/C42H28N2OS/c1-2-8-41-37(7-1)38-14-13-29(22-42(38)45-41)27-9-11-32-25-46-26-33-12-10-28(21-40(33)39(32)20-27)34-17-35(30-5-3-15-43-23-30)19-36(18-34)31-6-4-16-44-24-31/h1-24H,25-26H2. The summed E-state index contributed by atoms with van der Waals surface area (Å²) in [5, 5.41) is 2.31. The summed E-state index contributed by atoms with van der Waals surface area (Å²) in [6.45, 7) is 0. The highest BCUT2D eigenvalue weighted by molar-refractivity contribution is 7.97. The van der Waals surface area contributed by atoms with Crippen LogP contribution in [0.1, 0.15) is 11.1 Å². The molecule has 0 atom stereocenters. The maximum absolute atomic E-state index is 6.24. The van der Waals surface area contributed by atoms with Gasteiger partial charge in [-0.15, -0.1) is 0 Å². The zero-order chi connectivity index (χ0) is 30.5. The Kier molecular flexibility index (Phi) is 6.53. The molecule has 9 rings (SSSR count). The van der Waals surface area contributed by atoms with Crippen LogP contribution in [0.4, 0.5) is 0 Å². The average molecular weight is 609 g/mol. The molecule has 0 spiro atoms. The van der Waals surface area contributed by atoms with Crippen LogP contribution in [-0.4, -0.2) is 9.97 Å². The molecule has 3 aromatic heterocycles. The van der Waals surface area contributed by atoms with Crippen molar-refractivity contribution in [2.75, 3.05) is 0 Å². The molecule has 218 valence electrons. The molecule has 5 aromatic carbocycles. The number of nitrogens with zero attached hydrogens (tertiary/aromatic N) is 2. The summed E-state index contributed by atoms with van der Waals surface area (Å²) in [4.78, 5) is 8.80. The molecule has 0 bridgehead atoms. The molecule has 1 aliphatic rings. The summed E-state index contributed by atoms with van der Waals surface area (Å²) in [6, 6.07) is 43.8. The predicted octanol–water partition coefficient (Wildman–Crippen LogP) is 11.5. The first-order valence-electron chi connectivity index (χ1n) is 15.5. The summed E-state index contributed by atoms with van der Waals surface area (Å²) in [7, 11) is 0. The third kappa shape index (κ3) is 4.79. The fourth-order valence-corrected chi connectivity index (χ4v) is 7.68. The summed E-state index contributed by atoms with van der Waals surface area (Å²) >= 11 is 1.98. The van der Waals surface area contributed by atoms with Crippen molar-refractivity contribution in [3.05, 3.63) is 157 Å². The number of aromatic nitrogens is 2. The fraction of sp³-hybridized carbons (Fsp3) is 0.0476. The second kappa shape index (κ2) is 11.2. The van der Waals surface area contributed by atoms with Gasteiger partial charge in [-0.2, -0.15) is 11.8 Å². The van der Waals surface area contributed by atoms with Gasteiger partial charge in [-0.1, -0.05) is 60.7 Å². The van der Waals surface area contributed by atoms with Gasteiger partial charge in [-0.3, -0.25) is 9.97 Å². The average Bonchev–Trinajstić information content (AvgIpc) is 3.40. The van der Waals surface area contributed by atoms with E-state index in [1.807, 2.05) is 60.8 Å². The minimum atomic E-state index is 0.921. The Hall–Kier alpha value is -5.45. The number of pyridine rings is 2. The molecule has 0 radical (unpaired) electrons. The molecule has 8 aromatic rings. The van der Waals surface area contributed by atoms with E-state index in [1.54, 1.807) is 0 Å². The Bertz CT molecular complexity index is 2340. The van der Waals surface area contributed by atoms with E-state index in [4.69, 9.17) is 4.42 Å². The Morgan fingerprint density at radius 3 is 1.61 bits per heavy atom. The molecular weight excluding hydrogens is 581 g/mol. The number of benzene rings is 5. The van der Waals surface area contributed by atoms with Gasteiger partial charge in [0.15, 0.2) is 0 Å². The van der Waals surface area contributed by atoms with Crippen LogP contribution in [0.5, 0.6) is 0 Å². The minimum Gasteiger partial charge on any atom is -0.456 e. The number of hydrogen-bond acceptors (Lipinski definition) is 4. The van der Waals surface area contributed by atoms with E-state index in [0.717, 1.165) is 61.3 Å². The van der Waals surface area contributed by atoms with E-state index in [0.29, 0.717) is 0 Å². The summed E-state index contributed by atoms with van der Waals surface area (Å²) in [5.74, 6) is 1.98. The summed E-state index contributed by atoms with van der Waals surface area (Å²) in [5.41, 5.74) is 16.4. The molecule has 46 heavy (non-hydrogen) atoms. The maximum atomic E-state index is 6.24. The van der Waals surface area contributed by atoms with Crippen molar-refractivity contribution in [3.63, 3.8) is 0 Å². The molecule has 4 heterocycles. The molecule has 0 saturated carbocycles. The van der Waals surface area contributed by atoms with Crippen molar-refractivity contribution in [2.45, 2.75) is 11.5 Å². The fourth-order valence-electron chi connectivity index (χ4n) is 6.64. The SMILES string of the molecule is c1cncc(-c2cc(-c3cccnc3)cc(-c3ccc4c(c3)-c3cc(-c5ccc6c(c5)oc5ccccc56)ccc3CSC4)c2)c1. The number of furan rings is 1. The van der Waals surface area contributed by atoms with E-state index in [1.165, 1.54) is 38.9 Å². The Labute approximate surface area is 271 Å². The van der Waals surface area contributed by atoms with E-state index in [-0.39, 0.29) is 0 Å². The van der Waals surface area contributed by atoms with Crippen LogP contribution in [-0.2, 0) is 11.5 Å². The van der Waals surface area contributed by atoms with Crippen LogP contribution in [0.2, 0.25) is 0 Å². The first-order valence-corrected chi connectivity index (χ1v) is 16.6. The third-order valence-corrected chi connectivity index (χ3v) is 10.0. The Morgan fingerprint density at radius 1 is 0.435 bits per heavy atom. The van der Waals surface area contributed by atoms with Gasteiger partial charge in [0.05, 0.1) is 0 Å². The molecule has 0 amide bonds. The largest absolute Gasteiger partial charge is 0.456 e. The van der Waals surface area contributed by atoms with Gasteiger partial charge in [0.2, 0.25) is 0 Å². The van der Waals surface area contributed by atoms with Gasteiger partial charge in [0, 0.05) is 58.2 Å². The number of rotatable bonds is 4. The third-order valence-electron chi connectivity index (χ3n) is 8.99. The molecule has 1 aliphatic heterocycles. The predicted molar refractivity (Wildman–Crippen MR) is 191 cm³/mol. The van der Waals surface area contributed by atoms with Gasteiger partial charge in [-0.05, 0) is 116 Å². The Morgan fingerprint density at radius 2 is 0.978 bits per heavy atom. The van der Waals surface area contributed by atoms with E-state index in [2.05, 4.69) is 107 Å². The van der Waals surface area contributed by atoms with Crippen LogP contribution < -0.4 is 0 Å². The van der Waals surface area contributed by atoms with Crippen LogP contribution in [0.3, 0.4) is 0 Å². The van der Waals surface area contributed by atoms with Gasteiger partial charge >= 0.3 is 0 Å². The normalized spacial score (nSPS) is 12.5. The van der Waals surface area contributed by atoms with Crippen LogP contribution in [0, 0.1) is 0 Å². The first kappa shape index (κ1) is 26.9. The highest BCUT2D eigenvalue weighted by Gasteiger charge is 2.18. The molecule has 3 nitrogen and oxygen atoms in total. The van der Waals surface area contributed by atoms with E-state index in [9.17, 15) is 0 Å². The molecule has 0 aliphatic carbocycles. The first-order chi connectivity index (χ1) is 22.8. The molecule has 4 heteroatoms. The summed E-state index contributed by atoms with van der Waals surface area (Å²) in [6.07, 6.45) is 7.50. The van der Waals surface area contributed by atoms with E-state index < -0.39 is 0 Å². The number of para-hydroxylation sites is 1. The van der Waals surface area contributed by atoms with E-state index >= 15 is 0 Å². The molecule has 0 fully saturated rings. The van der Waals surface area contributed by atoms with Crippen LogP contribution in [0.25, 0.3) is 77.6 Å². The number of hydrogen-bond donors (Lipinski definition) is 0. The topological polar surface area (TPSA) is 38.9 Å². The smallest absolute Gasteiger partial charge is 0.136 e. The lowest BCUT2D eigenvalue weighted by Crippen LogP contribution is -1.92. The second-order valence-corrected chi connectivity index (χ2v) is 12.8. The zero-order valence-corrected chi connectivity index (χ0v) is 25.8.